The molecule has 0 amide bonds. The minimum absolute atomic E-state index is 0.444. The Balaban J connectivity index is 2.67. The lowest BCUT2D eigenvalue weighted by Gasteiger charge is -2.03. The van der Waals surface area contributed by atoms with Crippen molar-refractivity contribution in [3.63, 3.8) is 0 Å². The maximum Gasteiger partial charge on any atom is 0.0961 e. The lowest BCUT2D eigenvalue weighted by molar-refractivity contribution is 0.916. The molecule has 0 spiro atoms. The van der Waals surface area contributed by atoms with Crippen LogP contribution < -0.4 is 5.73 Å². The van der Waals surface area contributed by atoms with Gasteiger partial charge in [0.2, 0.25) is 0 Å². The largest absolute Gasteiger partial charge is 0.325 e. The fourth-order valence-electron chi connectivity index (χ4n) is 1.56. The molecule has 0 aliphatic rings. The summed E-state index contributed by atoms with van der Waals surface area (Å²) in [6, 6.07) is 8.17. The zero-order chi connectivity index (χ0) is 9.97. The Morgan fingerprint density at radius 1 is 1.29 bits per heavy atom. The highest BCUT2D eigenvalue weighted by Crippen LogP contribution is 2.16. The quantitative estimate of drug-likeness (QED) is 0.777. The van der Waals surface area contributed by atoms with Crippen molar-refractivity contribution >= 4 is 10.9 Å². The monoisotopic (exact) mass is 187 g/mol. The van der Waals surface area contributed by atoms with Crippen LogP contribution in [-0.2, 0) is 13.0 Å². The van der Waals surface area contributed by atoms with Gasteiger partial charge in [0.05, 0.1) is 11.2 Å². The van der Waals surface area contributed by atoms with E-state index >= 15 is 0 Å². The van der Waals surface area contributed by atoms with Gasteiger partial charge in [0.1, 0.15) is 0 Å². The number of aryl methyl sites for hydroxylation is 1. The van der Waals surface area contributed by atoms with Crippen molar-refractivity contribution in [2.45, 2.75) is 19.9 Å². The molecule has 1 aromatic heterocycles. The highest BCUT2D eigenvalue weighted by Gasteiger charge is 2.01. The van der Waals surface area contributed by atoms with E-state index in [1.165, 1.54) is 5.56 Å². The van der Waals surface area contributed by atoms with Crippen molar-refractivity contribution in [2.75, 3.05) is 0 Å². The predicted molar refractivity (Wildman–Crippen MR) is 56.8 cm³/mol. The van der Waals surface area contributed by atoms with Gasteiger partial charge in [-0.1, -0.05) is 25.1 Å². The Labute approximate surface area is 83.0 Å². The molecule has 1 heterocycles. The van der Waals surface area contributed by atoms with Gasteiger partial charge in [0, 0.05) is 11.9 Å². The Kier molecular flexibility index (Phi) is 2.41. The normalized spacial score (nSPS) is 10.7. The zero-order valence-corrected chi connectivity index (χ0v) is 8.20. The molecule has 0 aliphatic heterocycles. The van der Waals surface area contributed by atoms with Crippen LogP contribution in [0, 0.1) is 0 Å². The minimum Gasteiger partial charge on any atom is -0.325 e. The van der Waals surface area contributed by atoms with Crippen molar-refractivity contribution < 1.29 is 0 Å². The van der Waals surface area contributed by atoms with E-state index < -0.39 is 0 Å². The zero-order valence-electron chi connectivity index (χ0n) is 8.20. The lowest BCUT2D eigenvalue weighted by atomic mass is 10.1. The van der Waals surface area contributed by atoms with E-state index in [2.05, 4.69) is 23.2 Å². The average molecular weight is 187 g/mol. The van der Waals surface area contributed by atoms with E-state index in [-0.39, 0.29) is 0 Å². The standard InChI is InChI=1S/C11H13N3/c1-2-8-4-3-5-9-6-10(7-12)13-14-11(8)9/h3-6H,2,7,12H2,1H3. The van der Waals surface area contributed by atoms with E-state index in [0.717, 1.165) is 23.0 Å². The van der Waals surface area contributed by atoms with Crippen LogP contribution >= 0.6 is 0 Å². The second-order valence-electron chi connectivity index (χ2n) is 3.25. The first-order chi connectivity index (χ1) is 6.85. The summed E-state index contributed by atoms with van der Waals surface area (Å²) in [7, 11) is 0. The summed E-state index contributed by atoms with van der Waals surface area (Å²) in [5.41, 5.74) is 8.58. The third kappa shape index (κ3) is 1.46. The van der Waals surface area contributed by atoms with Gasteiger partial charge in [-0.2, -0.15) is 5.10 Å². The van der Waals surface area contributed by atoms with Crippen molar-refractivity contribution in [3.8, 4) is 0 Å². The molecule has 72 valence electrons. The van der Waals surface area contributed by atoms with Gasteiger partial charge in [-0.25, -0.2) is 0 Å². The molecular weight excluding hydrogens is 174 g/mol. The minimum atomic E-state index is 0.444. The Morgan fingerprint density at radius 2 is 2.14 bits per heavy atom. The smallest absolute Gasteiger partial charge is 0.0961 e. The summed E-state index contributed by atoms with van der Waals surface area (Å²) >= 11 is 0. The van der Waals surface area contributed by atoms with Crippen LogP contribution in [0.1, 0.15) is 18.2 Å². The predicted octanol–water partition coefficient (Wildman–Crippen LogP) is 1.65. The van der Waals surface area contributed by atoms with Crippen LogP contribution in [0.15, 0.2) is 24.3 Å². The summed E-state index contributed by atoms with van der Waals surface area (Å²) in [5, 5.41) is 9.38. The van der Waals surface area contributed by atoms with Crippen molar-refractivity contribution in [3.05, 3.63) is 35.5 Å². The van der Waals surface area contributed by atoms with Gasteiger partial charge in [-0.15, -0.1) is 5.10 Å². The van der Waals surface area contributed by atoms with Gasteiger partial charge in [0.25, 0.3) is 0 Å². The average Bonchev–Trinajstić information content (AvgIpc) is 2.27. The molecule has 3 heteroatoms. The van der Waals surface area contributed by atoms with Crippen LogP contribution in [0.5, 0.6) is 0 Å². The summed E-state index contributed by atoms with van der Waals surface area (Å²) in [6.45, 7) is 2.56. The number of nitrogens with zero attached hydrogens (tertiary/aromatic N) is 2. The second kappa shape index (κ2) is 3.72. The van der Waals surface area contributed by atoms with Crippen LogP contribution in [-0.4, -0.2) is 10.2 Å². The number of benzene rings is 1. The first kappa shape index (κ1) is 9.09. The number of hydrogen-bond acceptors (Lipinski definition) is 3. The number of rotatable bonds is 2. The summed E-state index contributed by atoms with van der Waals surface area (Å²) in [4.78, 5) is 0. The molecule has 1 aromatic carbocycles. The molecule has 0 bridgehead atoms. The molecule has 0 saturated carbocycles. The molecule has 0 atom stereocenters. The van der Waals surface area contributed by atoms with Gasteiger partial charge in [0.15, 0.2) is 0 Å². The van der Waals surface area contributed by atoms with Gasteiger partial charge in [-0.3, -0.25) is 0 Å². The van der Waals surface area contributed by atoms with Gasteiger partial charge in [-0.05, 0) is 18.1 Å². The molecule has 0 radical (unpaired) electrons. The number of aromatic nitrogens is 2. The maximum atomic E-state index is 5.51. The fraction of sp³-hybridized carbons (Fsp3) is 0.273. The van der Waals surface area contributed by atoms with Crippen LogP contribution in [0.3, 0.4) is 0 Å². The lowest BCUT2D eigenvalue weighted by Crippen LogP contribution is -2.01. The first-order valence-electron chi connectivity index (χ1n) is 4.79. The first-order valence-corrected chi connectivity index (χ1v) is 4.79. The molecule has 0 unspecified atom stereocenters. The van der Waals surface area contributed by atoms with Crippen LogP contribution in [0.25, 0.3) is 10.9 Å². The maximum absolute atomic E-state index is 5.51. The number of fused-ring (bicyclic) bond motifs is 1. The molecule has 3 nitrogen and oxygen atoms in total. The highest BCUT2D eigenvalue weighted by atomic mass is 15.1. The molecule has 0 saturated heterocycles. The van der Waals surface area contributed by atoms with Gasteiger partial charge >= 0.3 is 0 Å². The molecule has 0 fully saturated rings. The topological polar surface area (TPSA) is 51.8 Å². The molecule has 2 aromatic rings. The van der Waals surface area contributed by atoms with E-state index in [1.54, 1.807) is 0 Å². The third-order valence-electron chi connectivity index (χ3n) is 2.34. The molecular formula is C11H13N3. The Hall–Kier alpha value is -1.48. The summed E-state index contributed by atoms with van der Waals surface area (Å²) in [5.74, 6) is 0. The Morgan fingerprint density at radius 3 is 2.86 bits per heavy atom. The van der Waals surface area contributed by atoms with Crippen LogP contribution in [0.4, 0.5) is 0 Å². The highest BCUT2D eigenvalue weighted by molar-refractivity contribution is 5.81. The van der Waals surface area contributed by atoms with Crippen LogP contribution in [0.2, 0.25) is 0 Å². The molecule has 2 rings (SSSR count). The summed E-state index contributed by atoms with van der Waals surface area (Å²) < 4.78 is 0. The molecule has 14 heavy (non-hydrogen) atoms. The number of nitrogens with two attached hydrogens (primary N) is 1. The van der Waals surface area contributed by atoms with Gasteiger partial charge < -0.3 is 5.73 Å². The van der Waals surface area contributed by atoms with E-state index in [4.69, 9.17) is 5.73 Å². The molecule has 2 N–H and O–H groups in total. The van der Waals surface area contributed by atoms with E-state index in [0.29, 0.717) is 6.54 Å². The third-order valence-corrected chi connectivity index (χ3v) is 2.34. The van der Waals surface area contributed by atoms with E-state index in [9.17, 15) is 0 Å². The Bertz CT molecular complexity index is 451. The number of hydrogen-bond donors (Lipinski definition) is 1. The molecule has 0 aliphatic carbocycles. The summed E-state index contributed by atoms with van der Waals surface area (Å²) in [6.07, 6.45) is 0.980. The van der Waals surface area contributed by atoms with E-state index in [1.807, 2.05) is 18.2 Å². The second-order valence-corrected chi connectivity index (χ2v) is 3.25. The fourth-order valence-corrected chi connectivity index (χ4v) is 1.56. The van der Waals surface area contributed by atoms with Crippen molar-refractivity contribution in [1.82, 2.24) is 10.2 Å². The van der Waals surface area contributed by atoms with Crippen molar-refractivity contribution in [1.29, 1.82) is 0 Å². The van der Waals surface area contributed by atoms with Crippen molar-refractivity contribution in [2.24, 2.45) is 5.73 Å². The SMILES string of the molecule is CCc1cccc2cc(CN)nnc12.